The summed E-state index contributed by atoms with van der Waals surface area (Å²) in [6.45, 7) is 13.1. The molecule has 0 aliphatic carbocycles. The summed E-state index contributed by atoms with van der Waals surface area (Å²) in [5.74, 6) is 0.538. The number of ether oxygens (including phenoxy) is 1. The second kappa shape index (κ2) is 6.78. The van der Waals surface area contributed by atoms with Crippen LogP contribution in [0, 0.1) is 5.92 Å². The summed E-state index contributed by atoms with van der Waals surface area (Å²) in [7, 11) is 0. The van der Waals surface area contributed by atoms with Crippen LogP contribution >= 0.6 is 0 Å². The van der Waals surface area contributed by atoms with Gasteiger partial charge in [0.25, 0.3) is 0 Å². The van der Waals surface area contributed by atoms with Crippen LogP contribution in [0.4, 0.5) is 4.79 Å². The van der Waals surface area contributed by atoms with Crippen LogP contribution in [-0.2, 0) is 4.74 Å². The lowest BCUT2D eigenvalue weighted by molar-refractivity contribution is 0.0167. The van der Waals surface area contributed by atoms with Crippen molar-refractivity contribution in [2.45, 2.75) is 52.6 Å². The maximum atomic E-state index is 12.0. The number of hydrogen-bond acceptors (Lipinski definition) is 2. The highest BCUT2D eigenvalue weighted by atomic mass is 16.6. The normalized spacial score (nSPS) is 21.2. The molecule has 1 atom stereocenters. The summed E-state index contributed by atoms with van der Waals surface area (Å²) in [6, 6.07) is 0. The predicted molar refractivity (Wildman–Crippen MR) is 79.1 cm³/mol. The molecule has 1 saturated heterocycles. The van der Waals surface area contributed by atoms with Crippen LogP contribution in [0.3, 0.4) is 0 Å². The van der Waals surface area contributed by atoms with Crippen LogP contribution in [0.5, 0.6) is 0 Å². The van der Waals surface area contributed by atoms with Crippen molar-refractivity contribution >= 4 is 6.09 Å². The zero-order valence-electron chi connectivity index (χ0n) is 12.7. The van der Waals surface area contributed by atoms with E-state index < -0.39 is 5.60 Å². The van der Waals surface area contributed by atoms with Crippen molar-refractivity contribution in [3.05, 3.63) is 24.3 Å². The number of piperidine rings is 1. The molecule has 1 amide bonds. The van der Waals surface area contributed by atoms with Crippen molar-refractivity contribution in [2.75, 3.05) is 13.1 Å². The van der Waals surface area contributed by atoms with E-state index in [2.05, 4.69) is 19.6 Å². The number of carbonyl (C=O) groups is 1. The molecule has 1 heterocycles. The molecule has 3 heteroatoms. The Kier molecular flexibility index (Phi) is 5.64. The molecule has 19 heavy (non-hydrogen) atoms. The Labute approximate surface area is 117 Å². The molecule has 0 aromatic carbocycles. The molecule has 3 nitrogen and oxygen atoms in total. The maximum Gasteiger partial charge on any atom is 0.410 e. The summed E-state index contributed by atoms with van der Waals surface area (Å²) in [4.78, 5) is 13.9. The summed E-state index contributed by atoms with van der Waals surface area (Å²) in [5.41, 5.74) is 0.790. The lowest BCUT2D eigenvalue weighted by Gasteiger charge is -2.33. The fourth-order valence-corrected chi connectivity index (χ4v) is 2.19. The zero-order valence-corrected chi connectivity index (χ0v) is 12.7. The Balaban J connectivity index is 2.50. The lowest BCUT2D eigenvalue weighted by atomic mass is 9.94. The monoisotopic (exact) mass is 265 g/mol. The SMILES string of the molecule is C=C/C(C)=C/CC1CCCN(C(=O)OC(C)(C)C)C1. The second-order valence-corrected chi connectivity index (χ2v) is 6.32. The number of rotatable bonds is 3. The van der Waals surface area contributed by atoms with Crippen molar-refractivity contribution in [3.8, 4) is 0 Å². The van der Waals surface area contributed by atoms with Gasteiger partial charge in [0.1, 0.15) is 5.60 Å². The number of allylic oxidation sites excluding steroid dienone is 3. The van der Waals surface area contributed by atoms with Gasteiger partial charge in [-0.15, -0.1) is 0 Å². The molecular formula is C16H27NO2. The van der Waals surface area contributed by atoms with Gasteiger partial charge >= 0.3 is 6.09 Å². The van der Waals surface area contributed by atoms with E-state index in [1.54, 1.807) is 0 Å². The third-order valence-electron chi connectivity index (χ3n) is 3.27. The highest BCUT2D eigenvalue weighted by Gasteiger charge is 2.26. The van der Waals surface area contributed by atoms with Gasteiger partial charge in [-0.05, 0) is 52.9 Å². The van der Waals surface area contributed by atoms with Crippen LogP contribution in [0.15, 0.2) is 24.3 Å². The average Bonchev–Trinajstić information content (AvgIpc) is 2.34. The highest BCUT2D eigenvalue weighted by Crippen LogP contribution is 2.22. The van der Waals surface area contributed by atoms with Gasteiger partial charge in [0.2, 0.25) is 0 Å². The molecule has 1 rings (SSSR count). The number of amides is 1. The fraction of sp³-hybridized carbons (Fsp3) is 0.688. The van der Waals surface area contributed by atoms with E-state index in [0.717, 1.165) is 25.9 Å². The van der Waals surface area contributed by atoms with Gasteiger partial charge in [0.15, 0.2) is 0 Å². The van der Waals surface area contributed by atoms with E-state index in [4.69, 9.17) is 4.74 Å². The van der Waals surface area contributed by atoms with E-state index in [9.17, 15) is 4.79 Å². The molecular weight excluding hydrogens is 238 g/mol. The van der Waals surface area contributed by atoms with Crippen molar-refractivity contribution in [1.29, 1.82) is 0 Å². The molecule has 1 aliphatic rings. The fourth-order valence-electron chi connectivity index (χ4n) is 2.19. The van der Waals surface area contributed by atoms with Crippen LogP contribution in [0.25, 0.3) is 0 Å². The van der Waals surface area contributed by atoms with E-state index in [1.807, 2.05) is 31.7 Å². The molecule has 0 aromatic heterocycles. The summed E-state index contributed by atoms with van der Waals surface area (Å²) in [5, 5.41) is 0. The lowest BCUT2D eigenvalue weighted by Crippen LogP contribution is -2.42. The molecule has 108 valence electrons. The first kappa shape index (κ1) is 15.8. The predicted octanol–water partition coefficient (Wildman–Crippen LogP) is 4.16. The Morgan fingerprint density at radius 3 is 2.74 bits per heavy atom. The second-order valence-electron chi connectivity index (χ2n) is 6.32. The Morgan fingerprint density at radius 1 is 1.47 bits per heavy atom. The van der Waals surface area contributed by atoms with Crippen LogP contribution in [0.1, 0.15) is 47.0 Å². The van der Waals surface area contributed by atoms with Gasteiger partial charge < -0.3 is 9.64 Å². The molecule has 1 aliphatic heterocycles. The first-order chi connectivity index (χ1) is 8.81. The van der Waals surface area contributed by atoms with Gasteiger partial charge in [-0.1, -0.05) is 24.3 Å². The average molecular weight is 265 g/mol. The van der Waals surface area contributed by atoms with Gasteiger partial charge in [-0.3, -0.25) is 0 Å². The van der Waals surface area contributed by atoms with Gasteiger partial charge in [0.05, 0.1) is 0 Å². The topological polar surface area (TPSA) is 29.5 Å². The summed E-state index contributed by atoms with van der Waals surface area (Å²) >= 11 is 0. The van der Waals surface area contributed by atoms with Gasteiger partial charge in [0, 0.05) is 13.1 Å². The Morgan fingerprint density at radius 2 is 2.16 bits per heavy atom. The molecule has 0 radical (unpaired) electrons. The third-order valence-corrected chi connectivity index (χ3v) is 3.27. The first-order valence-electron chi connectivity index (χ1n) is 7.09. The van der Waals surface area contributed by atoms with Crippen LogP contribution in [-0.4, -0.2) is 29.7 Å². The minimum Gasteiger partial charge on any atom is -0.444 e. The molecule has 0 saturated carbocycles. The van der Waals surface area contributed by atoms with E-state index >= 15 is 0 Å². The van der Waals surface area contributed by atoms with E-state index in [-0.39, 0.29) is 6.09 Å². The number of carbonyl (C=O) groups excluding carboxylic acids is 1. The smallest absolute Gasteiger partial charge is 0.410 e. The van der Waals surface area contributed by atoms with E-state index in [1.165, 1.54) is 12.0 Å². The maximum absolute atomic E-state index is 12.0. The number of likely N-dealkylation sites (tertiary alicyclic amines) is 1. The van der Waals surface area contributed by atoms with Crippen molar-refractivity contribution in [1.82, 2.24) is 4.90 Å². The molecule has 0 bridgehead atoms. The summed E-state index contributed by atoms with van der Waals surface area (Å²) in [6.07, 6.45) is 7.15. The molecule has 0 N–H and O–H groups in total. The third kappa shape index (κ3) is 5.95. The Bertz CT molecular complexity index is 352. The minimum atomic E-state index is -0.413. The van der Waals surface area contributed by atoms with E-state index in [0.29, 0.717) is 5.92 Å². The number of nitrogens with zero attached hydrogens (tertiary/aromatic N) is 1. The van der Waals surface area contributed by atoms with Gasteiger partial charge in [-0.2, -0.15) is 0 Å². The van der Waals surface area contributed by atoms with Gasteiger partial charge in [-0.25, -0.2) is 4.79 Å². The Hall–Kier alpha value is -1.25. The van der Waals surface area contributed by atoms with Crippen molar-refractivity contribution in [3.63, 3.8) is 0 Å². The number of hydrogen-bond donors (Lipinski definition) is 0. The molecule has 0 spiro atoms. The molecule has 1 unspecified atom stereocenters. The quantitative estimate of drug-likeness (QED) is 0.717. The molecule has 1 fully saturated rings. The van der Waals surface area contributed by atoms with Crippen LogP contribution < -0.4 is 0 Å². The largest absolute Gasteiger partial charge is 0.444 e. The minimum absolute atomic E-state index is 0.179. The standard InChI is InChI=1S/C16H27NO2/c1-6-13(2)9-10-14-8-7-11-17(12-14)15(18)19-16(3,4)5/h6,9,14H,1,7-8,10-12H2,2-5H3/b13-9+. The van der Waals surface area contributed by atoms with Crippen LogP contribution in [0.2, 0.25) is 0 Å². The summed E-state index contributed by atoms with van der Waals surface area (Å²) < 4.78 is 5.43. The first-order valence-corrected chi connectivity index (χ1v) is 7.09. The van der Waals surface area contributed by atoms with Crippen molar-refractivity contribution < 1.29 is 9.53 Å². The zero-order chi connectivity index (χ0) is 14.5. The highest BCUT2D eigenvalue weighted by molar-refractivity contribution is 5.68. The molecule has 0 aromatic rings. The van der Waals surface area contributed by atoms with Crippen molar-refractivity contribution in [2.24, 2.45) is 5.92 Å².